The van der Waals surface area contributed by atoms with E-state index in [2.05, 4.69) is 5.32 Å². The van der Waals surface area contributed by atoms with Gasteiger partial charge in [0.25, 0.3) is 17.3 Å². The number of halogens is 3. The number of carbonyl (C=O) groups excluding carboxylic acids is 2. The standard InChI is InChI=1S/C10H7Cl3N4O6/c11-10(12,13)9(14-4-18)15-8(19)5-1-6(16(20)21)3-7(2-5)17(22)23/h1-4,9H,(H,14,18)(H,15,19). The van der Waals surface area contributed by atoms with E-state index >= 15 is 0 Å². The Bertz CT molecular complexity index is 630. The first-order valence-corrected chi connectivity index (χ1v) is 6.70. The second kappa shape index (κ2) is 7.40. The molecule has 0 aliphatic rings. The average molecular weight is 386 g/mol. The smallest absolute Gasteiger partial charge is 0.277 e. The molecule has 0 aromatic heterocycles. The number of nitrogens with zero attached hydrogens (tertiary/aromatic N) is 2. The van der Waals surface area contributed by atoms with Crippen LogP contribution in [0.5, 0.6) is 0 Å². The number of carbonyl (C=O) groups is 2. The Morgan fingerprint density at radius 1 is 1.13 bits per heavy atom. The van der Waals surface area contributed by atoms with E-state index in [0.29, 0.717) is 6.07 Å². The molecule has 0 aliphatic heterocycles. The maximum Gasteiger partial charge on any atom is 0.277 e. The molecule has 0 spiro atoms. The number of benzene rings is 1. The first-order valence-electron chi connectivity index (χ1n) is 5.57. The number of hydrogen-bond donors (Lipinski definition) is 2. The van der Waals surface area contributed by atoms with Gasteiger partial charge in [-0.15, -0.1) is 0 Å². The molecule has 0 heterocycles. The first-order chi connectivity index (χ1) is 10.6. The highest BCUT2D eigenvalue weighted by molar-refractivity contribution is 6.68. The van der Waals surface area contributed by atoms with Gasteiger partial charge < -0.3 is 10.6 Å². The fourth-order valence-corrected chi connectivity index (χ4v) is 1.79. The maximum absolute atomic E-state index is 12.0. The molecule has 0 fully saturated rings. The van der Waals surface area contributed by atoms with Crippen molar-refractivity contribution in [1.29, 1.82) is 0 Å². The van der Waals surface area contributed by atoms with Crippen molar-refractivity contribution in [3.63, 3.8) is 0 Å². The van der Waals surface area contributed by atoms with Crippen molar-refractivity contribution < 1.29 is 19.4 Å². The van der Waals surface area contributed by atoms with Crippen molar-refractivity contribution >= 4 is 58.5 Å². The SMILES string of the molecule is O=CNC(NC(=O)c1cc([N+](=O)[O-])cc([N+](=O)[O-])c1)C(Cl)(Cl)Cl. The molecular weight excluding hydrogens is 378 g/mol. The Hall–Kier alpha value is -2.17. The molecule has 1 atom stereocenters. The van der Waals surface area contributed by atoms with Crippen LogP contribution in [0, 0.1) is 20.2 Å². The van der Waals surface area contributed by atoms with Gasteiger partial charge in [-0.3, -0.25) is 29.8 Å². The summed E-state index contributed by atoms with van der Waals surface area (Å²) in [5.74, 6) is -1.03. The second-order valence-corrected chi connectivity index (χ2v) is 6.35. The van der Waals surface area contributed by atoms with Gasteiger partial charge in [0, 0.05) is 12.1 Å². The highest BCUT2D eigenvalue weighted by Gasteiger charge is 2.34. The van der Waals surface area contributed by atoms with Crippen LogP contribution >= 0.6 is 34.8 Å². The number of non-ortho nitro benzene ring substituents is 2. The zero-order chi connectivity index (χ0) is 17.8. The summed E-state index contributed by atoms with van der Waals surface area (Å²) in [6.45, 7) is 0. The van der Waals surface area contributed by atoms with Gasteiger partial charge in [0.05, 0.1) is 21.5 Å². The minimum Gasteiger partial charge on any atom is -0.335 e. The lowest BCUT2D eigenvalue weighted by Crippen LogP contribution is -2.52. The third kappa shape index (κ3) is 5.20. The molecule has 1 aromatic rings. The normalized spacial score (nSPS) is 12.1. The zero-order valence-corrected chi connectivity index (χ0v) is 13.1. The summed E-state index contributed by atoms with van der Waals surface area (Å²) in [6.07, 6.45) is -1.31. The van der Waals surface area contributed by atoms with Gasteiger partial charge in [0.15, 0.2) is 0 Å². The van der Waals surface area contributed by atoms with Crippen molar-refractivity contribution in [2.24, 2.45) is 0 Å². The van der Waals surface area contributed by atoms with Crippen molar-refractivity contribution in [3.05, 3.63) is 44.0 Å². The predicted octanol–water partition coefficient (Wildman–Crippen LogP) is 1.68. The van der Waals surface area contributed by atoms with E-state index in [9.17, 15) is 29.8 Å². The number of amides is 2. The van der Waals surface area contributed by atoms with Gasteiger partial charge in [0.1, 0.15) is 6.17 Å². The van der Waals surface area contributed by atoms with Crippen LogP contribution < -0.4 is 10.6 Å². The number of hydrogen-bond acceptors (Lipinski definition) is 6. The lowest BCUT2D eigenvalue weighted by Gasteiger charge is -2.24. The third-order valence-corrected chi connectivity index (χ3v) is 3.08. The lowest BCUT2D eigenvalue weighted by molar-refractivity contribution is -0.394. The fraction of sp³-hybridized carbons (Fsp3) is 0.200. The van der Waals surface area contributed by atoms with E-state index in [0.717, 1.165) is 12.1 Å². The number of nitro benzene ring substituents is 2. The van der Waals surface area contributed by atoms with Gasteiger partial charge in [-0.1, -0.05) is 34.8 Å². The predicted molar refractivity (Wildman–Crippen MR) is 80.5 cm³/mol. The fourth-order valence-electron chi connectivity index (χ4n) is 1.44. The van der Waals surface area contributed by atoms with Crippen molar-refractivity contribution in [2.75, 3.05) is 0 Å². The van der Waals surface area contributed by atoms with E-state index < -0.39 is 42.7 Å². The molecule has 0 saturated heterocycles. The maximum atomic E-state index is 12.0. The summed E-state index contributed by atoms with van der Waals surface area (Å²) in [5, 5.41) is 25.6. The minimum absolute atomic E-state index is 0.155. The van der Waals surface area contributed by atoms with Gasteiger partial charge in [-0.2, -0.15) is 0 Å². The van der Waals surface area contributed by atoms with E-state index in [1.54, 1.807) is 0 Å². The van der Waals surface area contributed by atoms with Crippen LogP contribution in [-0.2, 0) is 4.79 Å². The molecule has 0 aliphatic carbocycles. The minimum atomic E-state index is -2.12. The number of rotatable bonds is 6. The van der Waals surface area contributed by atoms with Crippen LogP contribution in [0.4, 0.5) is 11.4 Å². The van der Waals surface area contributed by atoms with Gasteiger partial charge >= 0.3 is 0 Å². The van der Waals surface area contributed by atoms with E-state index in [1.807, 2.05) is 5.32 Å². The van der Waals surface area contributed by atoms with Crippen LogP contribution in [0.2, 0.25) is 0 Å². The van der Waals surface area contributed by atoms with Crippen LogP contribution in [0.1, 0.15) is 10.4 Å². The molecule has 23 heavy (non-hydrogen) atoms. The summed E-state index contributed by atoms with van der Waals surface area (Å²) in [6, 6.07) is 2.30. The summed E-state index contributed by atoms with van der Waals surface area (Å²) in [5.41, 5.74) is -1.76. The monoisotopic (exact) mass is 384 g/mol. The Kier molecular flexibility index (Phi) is 6.07. The Balaban J connectivity index is 3.18. The molecule has 1 rings (SSSR count). The highest BCUT2D eigenvalue weighted by Crippen LogP contribution is 2.29. The summed E-state index contributed by atoms with van der Waals surface area (Å²) >= 11 is 16.7. The lowest BCUT2D eigenvalue weighted by atomic mass is 10.1. The first kappa shape index (κ1) is 18.9. The molecule has 2 amide bonds. The second-order valence-electron chi connectivity index (χ2n) is 3.98. The molecule has 0 bridgehead atoms. The van der Waals surface area contributed by atoms with E-state index in [4.69, 9.17) is 34.8 Å². The van der Waals surface area contributed by atoms with Crippen LogP contribution in [0.25, 0.3) is 0 Å². The molecule has 2 N–H and O–H groups in total. The molecular formula is C10H7Cl3N4O6. The Morgan fingerprint density at radius 2 is 1.61 bits per heavy atom. The molecule has 13 heteroatoms. The number of nitro groups is 2. The Labute approximate surface area is 143 Å². The van der Waals surface area contributed by atoms with Crippen molar-refractivity contribution in [3.8, 4) is 0 Å². The van der Waals surface area contributed by atoms with Crippen LogP contribution in [0.3, 0.4) is 0 Å². The van der Waals surface area contributed by atoms with Gasteiger partial charge in [-0.25, -0.2) is 0 Å². The molecule has 124 valence electrons. The van der Waals surface area contributed by atoms with Crippen molar-refractivity contribution in [1.82, 2.24) is 10.6 Å². The summed E-state index contributed by atoms with van der Waals surface area (Å²) < 4.78 is -2.12. The van der Waals surface area contributed by atoms with Crippen LogP contribution in [0.15, 0.2) is 18.2 Å². The quantitative estimate of drug-likeness (QED) is 0.250. The van der Waals surface area contributed by atoms with Gasteiger partial charge in [0.2, 0.25) is 10.2 Å². The van der Waals surface area contributed by atoms with Crippen molar-refractivity contribution in [2.45, 2.75) is 9.96 Å². The van der Waals surface area contributed by atoms with Gasteiger partial charge in [-0.05, 0) is 0 Å². The number of nitrogens with one attached hydrogen (secondary N) is 2. The van der Waals surface area contributed by atoms with E-state index in [1.165, 1.54) is 0 Å². The van der Waals surface area contributed by atoms with E-state index in [-0.39, 0.29) is 6.41 Å². The topological polar surface area (TPSA) is 144 Å². The molecule has 1 aromatic carbocycles. The third-order valence-electron chi connectivity index (χ3n) is 2.42. The zero-order valence-electron chi connectivity index (χ0n) is 10.9. The highest BCUT2D eigenvalue weighted by atomic mass is 35.6. The number of alkyl halides is 3. The summed E-state index contributed by atoms with van der Waals surface area (Å²) in [4.78, 5) is 42.2. The molecule has 0 saturated carbocycles. The Morgan fingerprint density at radius 3 is 1.96 bits per heavy atom. The molecule has 0 radical (unpaired) electrons. The average Bonchev–Trinajstić information content (AvgIpc) is 2.45. The molecule has 1 unspecified atom stereocenters. The summed E-state index contributed by atoms with van der Waals surface area (Å²) in [7, 11) is 0. The van der Waals surface area contributed by atoms with Crippen LogP contribution in [-0.4, -0.2) is 32.1 Å². The largest absolute Gasteiger partial charge is 0.335 e. The molecule has 10 nitrogen and oxygen atoms in total.